The highest BCUT2D eigenvalue weighted by atomic mass is 79.9. The maximum atomic E-state index is 5.51. The topological polar surface area (TPSA) is 56.5 Å². The molecule has 0 aliphatic carbocycles. The Bertz CT molecular complexity index is 323. The molecular formula is C12H19BrN2O2. The molecule has 0 saturated carbocycles. The van der Waals surface area contributed by atoms with Gasteiger partial charge in [-0.05, 0) is 18.1 Å². The Kier molecular flexibility index (Phi) is 7.39. The van der Waals surface area contributed by atoms with Gasteiger partial charge < -0.3 is 9.47 Å². The van der Waals surface area contributed by atoms with Gasteiger partial charge in [-0.15, -0.1) is 0 Å². The predicted octanol–water partition coefficient (Wildman–Crippen LogP) is 1.49. The fourth-order valence-corrected chi connectivity index (χ4v) is 1.91. The van der Waals surface area contributed by atoms with Gasteiger partial charge in [-0.2, -0.15) is 0 Å². The third kappa shape index (κ3) is 5.61. The molecule has 1 aromatic carbocycles. The highest BCUT2D eigenvalue weighted by Crippen LogP contribution is 2.17. The van der Waals surface area contributed by atoms with Crippen molar-refractivity contribution >= 4 is 15.9 Å². The first-order valence-corrected chi connectivity index (χ1v) is 6.33. The molecule has 17 heavy (non-hydrogen) atoms. The maximum Gasteiger partial charge on any atom is 0.0701 e. The third-order valence-corrected chi connectivity index (χ3v) is 3.18. The Labute approximate surface area is 111 Å². The zero-order valence-electron chi connectivity index (χ0n) is 9.99. The minimum absolute atomic E-state index is 0.102. The molecular weight excluding hydrogens is 284 g/mol. The molecule has 0 spiro atoms. The van der Waals surface area contributed by atoms with Crippen molar-refractivity contribution in [2.24, 2.45) is 5.84 Å². The molecule has 3 N–H and O–H groups in total. The van der Waals surface area contributed by atoms with Gasteiger partial charge in [0.2, 0.25) is 0 Å². The van der Waals surface area contributed by atoms with Gasteiger partial charge >= 0.3 is 0 Å². The SMILES string of the molecule is COCCOCC(Cc1ccccc1Br)NN. The van der Waals surface area contributed by atoms with Crippen molar-refractivity contribution in [1.29, 1.82) is 0 Å². The molecule has 1 aromatic rings. The summed E-state index contributed by atoms with van der Waals surface area (Å²) < 4.78 is 11.5. The average molecular weight is 303 g/mol. The fraction of sp³-hybridized carbons (Fsp3) is 0.500. The smallest absolute Gasteiger partial charge is 0.0701 e. The van der Waals surface area contributed by atoms with Crippen LogP contribution in [0.4, 0.5) is 0 Å². The lowest BCUT2D eigenvalue weighted by Crippen LogP contribution is -2.40. The Morgan fingerprint density at radius 1 is 1.35 bits per heavy atom. The quantitative estimate of drug-likeness (QED) is 0.434. The summed E-state index contributed by atoms with van der Waals surface area (Å²) >= 11 is 3.52. The Balaban J connectivity index is 2.38. The number of ether oxygens (including phenoxy) is 2. The van der Waals surface area contributed by atoms with Crippen molar-refractivity contribution in [2.45, 2.75) is 12.5 Å². The van der Waals surface area contributed by atoms with Crippen LogP contribution in [0.3, 0.4) is 0 Å². The molecule has 0 radical (unpaired) electrons. The Morgan fingerprint density at radius 3 is 2.76 bits per heavy atom. The van der Waals surface area contributed by atoms with Gasteiger partial charge in [-0.25, -0.2) is 0 Å². The van der Waals surface area contributed by atoms with Crippen molar-refractivity contribution < 1.29 is 9.47 Å². The first-order valence-electron chi connectivity index (χ1n) is 5.54. The summed E-state index contributed by atoms with van der Waals surface area (Å²) in [6.45, 7) is 1.76. The minimum atomic E-state index is 0.102. The van der Waals surface area contributed by atoms with Crippen LogP contribution < -0.4 is 11.3 Å². The van der Waals surface area contributed by atoms with Crippen LogP contribution in [0.1, 0.15) is 5.56 Å². The molecule has 0 heterocycles. The Morgan fingerprint density at radius 2 is 2.12 bits per heavy atom. The van der Waals surface area contributed by atoms with Gasteiger partial charge in [0.1, 0.15) is 0 Å². The van der Waals surface area contributed by atoms with Crippen LogP contribution >= 0.6 is 15.9 Å². The molecule has 0 amide bonds. The number of halogens is 1. The van der Waals surface area contributed by atoms with E-state index in [1.807, 2.05) is 18.2 Å². The van der Waals surface area contributed by atoms with Crippen molar-refractivity contribution in [3.63, 3.8) is 0 Å². The minimum Gasteiger partial charge on any atom is -0.382 e. The molecule has 0 aliphatic rings. The van der Waals surface area contributed by atoms with Crippen molar-refractivity contribution in [3.8, 4) is 0 Å². The molecule has 0 aromatic heterocycles. The number of methoxy groups -OCH3 is 1. The largest absolute Gasteiger partial charge is 0.382 e. The number of benzene rings is 1. The van der Waals surface area contributed by atoms with Crippen LogP contribution in [0.2, 0.25) is 0 Å². The Hall–Kier alpha value is -0.460. The molecule has 0 bridgehead atoms. The van der Waals surface area contributed by atoms with Gasteiger partial charge in [0.15, 0.2) is 0 Å². The van der Waals surface area contributed by atoms with Crippen LogP contribution in [0.25, 0.3) is 0 Å². The predicted molar refractivity (Wildman–Crippen MR) is 71.7 cm³/mol. The molecule has 0 fully saturated rings. The number of hydrazine groups is 1. The van der Waals surface area contributed by atoms with E-state index in [0.717, 1.165) is 10.9 Å². The zero-order valence-corrected chi connectivity index (χ0v) is 11.6. The van der Waals surface area contributed by atoms with E-state index < -0.39 is 0 Å². The van der Waals surface area contributed by atoms with Crippen LogP contribution in [-0.2, 0) is 15.9 Å². The van der Waals surface area contributed by atoms with Crippen molar-refractivity contribution in [1.82, 2.24) is 5.43 Å². The van der Waals surface area contributed by atoms with E-state index in [0.29, 0.717) is 19.8 Å². The van der Waals surface area contributed by atoms with E-state index in [1.165, 1.54) is 5.56 Å². The second-order valence-corrected chi connectivity index (χ2v) is 4.58. The normalized spacial score (nSPS) is 12.6. The monoisotopic (exact) mass is 302 g/mol. The molecule has 96 valence electrons. The maximum absolute atomic E-state index is 5.51. The highest BCUT2D eigenvalue weighted by Gasteiger charge is 2.09. The zero-order chi connectivity index (χ0) is 12.5. The van der Waals surface area contributed by atoms with E-state index in [2.05, 4.69) is 27.4 Å². The van der Waals surface area contributed by atoms with E-state index in [4.69, 9.17) is 15.3 Å². The molecule has 0 saturated heterocycles. The summed E-state index contributed by atoms with van der Waals surface area (Å²) in [5.41, 5.74) is 3.98. The molecule has 1 unspecified atom stereocenters. The van der Waals surface area contributed by atoms with Gasteiger partial charge in [0.05, 0.1) is 19.8 Å². The molecule has 4 nitrogen and oxygen atoms in total. The first kappa shape index (κ1) is 14.6. The van der Waals surface area contributed by atoms with Crippen LogP contribution in [0.5, 0.6) is 0 Å². The number of hydrogen-bond acceptors (Lipinski definition) is 4. The molecule has 0 aliphatic heterocycles. The summed E-state index contributed by atoms with van der Waals surface area (Å²) in [7, 11) is 1.66. The van der Waals surface area contributed by atoms with Crippen LogP contribution in [0.15, 0.2) is 28.7 Å². The number of nitrogens with one attached hydrogen (secondary N) is 1. The molecule has 1 rings (SSSR count). The van der Waals surface area contributed by atoms with Gasteiger partial charge in [-0.3, -0.25) is 11.3 Å². The summed E-state index contributed by atoms with van der Waals surface area (Å²) in [5.74, 6) is 5.51. The third-order valence-electron chi connectivity index (χ3n) is 2.41. The van der Waals surface area contributed by atoms with Crippen molar-refractivity contribution in [2.75, 3.05) is 26.9 Å². The lowest BCUT2D eigenvalue weighted by molar-refractivity contribution is 0.0587. The second kappa shape index (κ2) is 8.60. The van der Waals surface area contributed by atoms with E-state index >= 15 is 0 Å². The van der Waals surface area contributed by atoms with Gasteiger partial charge in [0.25, 0.3) is 0 Å². The van der Waals surface area contributed by atoms with Crippen molar-refractivity contribution in [3.05, 3.63) is 34.3 Å². The van der Waals surface area contributed by atoms with Gasteiger partial charge in [-0.1, -0.05) is 34.1 Å². The summed E-state index contributed by atoms with van der Waals surface area (Å²) in [5, 5.41) is 0. The summed E-state index contributed by atoms with van der Waals surface area (Å²) in [6, 6.07) is 8.20. The second-order valence-electron chi connectivity index (χ2n) is 3.73. The van der Waals surface area contributed by atoms with Crippen LogP contribution in [0, 0.1) is 0 Å². The van der Waals surface area contributed by atoms with Crippen LogP contribution in [-0.4, -0.2) is 33.0 Å². The van der Waals surface area contributed by atoms with E-state index in [9.17, 15) is 0 Å². The first-order chi connectivity index (χ1) is 8.27. The molecule has 1 atom stereocenters. The number of rotatable bonds is 8. The summed E-state index contributed by atoms with van der Waals surface area (Å²) in [6.07, 6.45) is 0.824. The average Bonchev–Trinajstić information content (AvgIpc) is 2.35. The fourth-order valence-electron chi connectivity index (χ4n) is 1.46. The molecule has 5 heteroatoms. The number of hydrogen-bond donors (Lipinski definition) is 2. The highest BCUT2D eigenvalue weighted by molar-refractivity contribution is 9.10. The standard InChI is InChI=1S/C12H19BrN2O2/c1-16-6-7-17-9-11(15-14)8-10-4-2-3-5-12(10)13/h2-5,11,15H,6-9,14H2,1H3. The van der Waals surface area contributed by atoms with Gasteiger partial charge in [0, 0.05) is 17.6 Å². The van der Waals surface area contributed by atoms with E-state index in [1.54, 1.807) is 7.11 Å². The van der Waals surface area contributed by atoms with E-state index in [-0.39, 0.29) is 6.04 Å². The lowest BCUT2D eigenvalue weighted by atomic mass is 10.1. The lowest BCUT2D eigenvalue weighted by Gasteiger charge is -2.16. The number of nitrogens with two attached hydrogens (primary N) is 1. The summed E-state index contributed by atoms with van der Waals surface area (Å²) in [4.78, 5) is 0.